The van der Waals surface area contributed by atoms with Gasteiger partial charge >= 0.3 is 6.09 Å². The smallest absolute Gasteiger partial charge is 0.429 e. The maximum Gasteiger partial charge on any atom is 0.429 e. The van der Waals surface area contributed by atoms with Gasteiger partial charge in [-0.2, -0.15) is 0 Å². The first-order chi connectivity index (χ1) is 9.59. The lowest BCUT2D eigenvalue weighted by molar-refractivity contribution is 0.0243. The van der Waals surface area contributed by atoms with Crippen LogP contribution < -0.4 is 5.01 Å². The Morgan fingerprint density at radius 3 is 2.48 bits per heavy atom. The fourth-order valence-electron chi connectivity index (χ4n) is 2.20. The molecule has 1 heterocycles. The number of carbonyl (C=O) groups is 1. The van der Waals surface area contributed by atoms with Crippen molar-refractivity contribution in [1.82, 2.24) is 5.01 Å². The molecule has 0 N–H and O–H groups in total. The van der Waals surface area contributed by atoms with Gasteiger partial charge in [-0.1, -0.05) is 12.1 Å². The highest BCUT2D eigenvalue weighted by Gasteiger charge is 2.44. The average Bonchev–Trinajstić information content (AvgIpc) is 2.64. The van der Waals surface area contributed by atoms with Crippen molar-refractivity contribution in [3.8, 4) is 0 Å². The molecular weight excluding hydrogens is 278 g/mol. The van der Waals surface area contributed by atoms with Crippen molar-refractivity contribution in [1.29, 1.82) is 0 Å². The third-order valence-corrected chi connectivity index (χ3v) is 2.99. The molecule has 1 atom stereocenters. The molecule has 0 bridgehead atoms. The number of hydrogen-bond acceptors (Lipinski definition) is 3. The van der Waals surface area contributed by atoms with Gasteiger partial charge in [-0.05, 0) is 39.8 Å². The Balaban J connectivity index is 2.30. The van der Waals surface area contributed by atoms with Gasteiger partial charge < -0.3 is 4.74 Å². The molecule has 0 aromatic heterocycles. The van der Waals surface area contributed by atoms with Crippen LogP contribution in [0.15, 0.2) is 24.3 Å². The molecule has 6 heteroatoms. The number of para-hydroxylation sites is 1. The van der Waals surface area contributed by atoms with Crippen LogP contribution in [0, 0.1) is 5.82 Å². The number of hydrogen-bond donors (Lipinski definition) is 0. The normalized spacial score (nSPS) is 22.6. The molecule has 21 heavy (non-hydrogen) atoms. The summed E-state index contributed by atoms with van der Waals surface area (Å²) in [5, 5.41) is 2.41. The predicted octanol–water partition coefficient (Wildman–Crippen LogP) is 3.53. The maximum absolute atomic E-state index is 14.3. The van der Waals surface area contributed by atoms with Gasteiger partial charge in [0.05, 0.1) is 18.8 Å². The number of halogens is 2. The van der Waals surface area contributed by atoms with Gasteiger partial charge in [0, 0.05) is 0 Å². The summed E-state index contributed by atoms with van der Waals surface area (Å²) >= 11 is 0. The second kappa shape index (κ2) is 5.16. The first-order valence-electron chi connectivity index (χ1n) is 6.80. The topological polar surface area (TPSA) is 32.8 Å². The highest BCUT2D eigenvalue weighted by Crippen LogP contribution is 2.32. The van der Waals surface area contributed by atoms with Gasteiger partial charge in [0.15, 0.2) is 0 Å². The van der Waals surface area contributed by atoms with E-state index in [4.69, 9.17) is 4.74 Å². The van der Waals surface area contributed by atoms with E-state index in [0.29, 0.717) is 0 Å². The second-order valence-corrected chi connectivity index (χ2v) is 6.46. The number of ether oxygens (including phenoxy) is 1. The van der Waals surface area contributed by atoms with Crippen LogP contribution in [-0.4, -0.2) is 35.5 Å². The average molecular weight is 298 g/mol. The van der Waals surface area contributed by atoms with E-state index in [1.165, 1.54) is 24.1 Å². The minimum Gasteiger partial charge on any atom is -0.442 e. The summed E-state index contributed by atoms with van der Waals surface area (Å²) in [5.74, 6) is -0.510. The molecule has 1 saturated heterocycles. The van der Waals surface area contributed by atoms with Gasteiger partial charge in [0.2, 0.25) is 0 Å². The fraction of sp³-hybridized carbons (Fsp3) is 0.533. The molecule has 2 rings (SSSR count). The van der Waals surface area contributed by atoms with Crippen molar-refractivity contribution in [3.63, 3.8) is 0 Å². The summed E-state index contributed by atoms with van der Waals surface area (Å²) in [4.78, 5) is 12.2. The van der Waals surface area contributed by atoms with Crippen LogP contribution in [0.4, 0.5) is 19.3 Å². The Bertz CT molecular complexity index is 541. The number of rotatable bonds is 1. The monoisotopic (exact) mass is 298 g/mol. The number of benzene rings is 1. The molecule has 1 aromatic carbocycles. The molecule has 0 saturated carbocycles. The van der Waals surface area contributed by atoms with Crippen molar-refractivity contribution in [3.05, 3.63) is 30.1 Å². The van der Waals surface area contributed by atoms with Crippen molar-refractivity contribution >= 4 is 11.8 Å². The molecular formula is C15H20F2N2O2. The fourth-order valence-corrected chi connectivity index (χ4v) is 2.20. The van der Waals surface area contributed by atoms with Crippen LogP contribution in [0.5, 0.6) is 0 Å². The molecule has 1 aliphatic heterocycles. The summed E-state index contributed by atoms with van der Waals surface area (Å²) in [7, 11) is 0. The molecule has 1 aromatic rings. The van der Waals surface area contributed by atoms with E-state index in [-0.39, 0.29) is 18.8 Å². The lowest BCUT2D eigenvalue weighted by Gasteiger charge is -2.31. The van der Waals surface area contributed by atoms with Crippen LogP contribution >= 0.6 is 0 Å². The van der Waals surface area contributed by atoms with Crippen LogP contribution in [0.2, 0.25) is 0 Å². The van der Waals surface area contributed by atoms with E-state index in [9.17, 15) is 13.6 Å². The van der Waals surface area contributed by atoms with Crippen molar-refractivity contribution in [2.24, 2.45) is 0 Å². The highest BCUT2D eigenvalue weighted by molar-refractivity contribution is 5.72. The highest BCUT2D eigenvalue weighted by atomic mass is 19.1. The van der Waals surface area contributed by atoms with Gasteiger partial charge in [-0.15, -0.1) is 0 Å². The summed E-state index contributed by atoms with van der Waals surface area (Å²) in [6, 6.07) is 5.96. The number of carbonyl (C=O) groups excluding carboxylic acids is 1. The first kappa shape index (κ1) is 15.5. The lowest BCUT2D eigenvalue weighted by atomic mass is 10.1. The third kappa shape index (κ3) is 3.62. The second-order valence-electron chi connectivity index (χ2n) is 6.46. The number of anilines is 1. The Morgan fingerprint density at radius 1 is 1.29 bits per heavy atom. The number of nitrogens with zero attached hydrogens (tertiary/aromatic N) is 2. The Labute approximate surface area is 123 Å². The van der Waals surface area contributed by atoms with Gasteiger partial charge in [0.1, 0.15) is 17.1 Å². The third-order valence-electron chi connectivity index (χ3n) is 2.99. The van der Waals surface area contributed by atoms with E-state index < -0.39 is 23.2 Å². The minimum atomic E-state index is -1.63. The van der Waals surface area contributed by atoms with Gasteiger partial charge in [-0.25, -0.2) is 18.6 Å². The van der Waals surface area contributed by atoms with Crippen molar-refractivity contribution in [2.75, 3.05) is 18.1 Å². The van der Waals surface area contributed by atoms with Crippen LogP contribution in [0.1, 0.15) is 27.7 Å². The summed E-state index contributed by atoms with van der Waals surface area (Å²) < 4.78 is 33.5. The minimum absolute atomic E-state index is 0.104. The molecule has 1 amide bonds. The largest absolute Gasteiger partial charge is 0.442 e. The molecule has 1 aliphatic rings. The van der Waals surface area contributed by atoms with Crippen molar-refractivity contribution in [2.45, 2.75) is 39.0 Å². The first-order valence-corrected chi connectivity index (χ1v) is 6.80. The summed E-state index contributed by atoms with van der Waals surface area (Å²) in [5.41, 5.74) is -2.17. The van der Waals surface area contributed by atoms with Crippen LogP contribution in [-0.2, 0) is 4.74 Å². The molecule has 1 unspecified atom stereocenters. The summed E-state index contributed by atoms with van der Waals surface area (Å²) in [6.07, 6.45) is -0.688. The number of amides is 1. The molecule has 0 spiro atoms. The van der Waals surface area contributed by atoms with Gasteiger partial charge in [-0.3, -0.25) is 5.01 Å². The SMILES string of the molecule is CC1(F)CN(C(=O)OC(C)(C)C)N(c2ccccc2F)C1. The standard InChI is InChI=1S/C15H20F2N2O2/c1-14(2,3)21-13(20)19-10-15(4,17)9-18(19)12-8-6-5-7-11(12)16/h5-8H,9-10H2,1-4H3. The lowest BCUT2D eigenvalue weighted by Crippen LogP contribution is -2.44. The zero-order valence-corrected chi connectivity index (χ0v) is 12.7. The van der Waals surface area contributed by atoms with Gasteiger partial charge in [0.25, 0.3) is 0 Å². The number of alkyl halides is 1. The van der Waals surface area contributed by atoms with Crippen LogP contribution in [0.25, 0.3) is 0 Å². The molecule has 1 fully saturated rings. The molecule has 4 nitrogen and oxygen atoms in total. The van der Waals surface area contributed by atoms with Crippen molar-refractivity contribution < 1.29 is 18.3 Å². The van der Waals surface area contributed by atoms with E-state index in [2.05, 4.69) is 0 Å². The van der Waals surface area contributed by atoms with E-state index >= 15 is 0 Å². The quantitative estimate of drug-likeness (QED) is 0.795. The molecule has 116 valence electrons. The number of hydrazine groups is 1. The Kier molecular flexibility index (Phi) is 3.82. The predicted molar refractivity (Wildman–Crippen MR) is 76.2 cm³/mol. The van der Waals surface area contributed by atoms with Crippen LogP contribution in [0.3, 0.4) is 0 Å². The molecule has 0 radical (unpaired) electrons. The molecule has 0 aliphatic carbocycles. The Hall–Kier alpha value is -1.85. The van der Waals surface area contributed by atoms with E-state index in [0.717, 1.165) is 5.01 Å². The Morgan fingerprint density at radius 2 is 1.90 bits per heavy atom. The summed E-state index contributed by atoms with van der Waals surface area (Å²) in [6.45, 7) is 6.28. The maximum atomic E-state index is 14.3. The zero-order valence-electron chi connectivity index (χ0n) is 12.7. The van der Waals surface area contributed by atoms with E-state index in [1.54, 1.807) is 32.9 Å². The zero-order chi connectivity index (χ0) is 15.8. The van der Waals surface area contributed by atoms with E-state index in [1.807, 2.05) is 0 Å².